The van der Waals surface area contributed by atoms with Gasteiger partial charge in [-0.25, -0.2) is 0 Å². The van der Waals surface area contributed by atoms with Gasteiger partial charge in [-0.1, -0.05) is 115 Å². The van der Waals surface area contributed by atoms with Crippen molar-refractivity contribution in [3.8, 4) is 0 Å². The van der Waals surface area contributed by atoms with E-state index in [2.05, 4.69) is 90.7 Å². The van der Waals surface area contributed by atoms with Gasteiger partial charge in [-0.3, -0.25) is 9.98 Å². The van der Waals surface area contributed by atoms with E-state index in [1.165, 1.54) is 22.6 Å². The molecule has 0 spiro atoms. The Balaban J connectivity index is 1.91. The number of fused-ring (bicyclic) bond motifs is 3. The summed E-state index contributed by atoms with van der Waals surface area (Å²) in [6.45, 7) is 25.9. The van der Waals surface area contributed by atoms with Gasteiger partial charge < -0.3 is 0 Å². The van der Waals surface area contributed by atoms with Crippen LogP contribution in [0.3, 0.4) is 0 Å². The first-order chi connectivity index (χ1) is 18.6. The molecule has 2 nitrogen and oxygen atoms in total. The third kappa shape index (κ3) is 6.78. The van der Waals surface area contributed by atoms with Crippen molar-refractivity contribution < 1.29 is 0 Å². The van der Waals surface area contributed by atoms with Crippen LogP contribution in [0.15, 0.2) is 70.4 Å². The number of aliphatic imine (C=N–C) groups is 2. The molecule has 0 radical (unpaired) electrons. The molecular weight excluding hydrogens is 513 g/mol. The zero-order valence-electron chi connectivity index (χ0n) is 24.0. The van der Waals surface area contributed by atoms with E-state index in [0.717, 1.165) is 52.6 Å². The lowest BCUT2D eigenvalue weighted by Gasteiger charge is -2.35. The fraction of sp³-hybridized carbons (Fsp3) is 0.371. The zero-order chi connectivity index (χ0) is 28.2. The minimum atomic E-state index is -0.0527. The maximum atomic E-state index is 5.18. The molecule has 2 aliphatic rings. The van der Waals surface area contributed by atoms with E-state index in [4.69, 9.17) is 9.98 Å². The number of hydrogen-bond donors (Lipinski definition) is 0. The first-order valence-electron chi connectivity index (χ1n) is 13.9. The van der Waals surface area contributed by atoms with Crippen LogP contribution in [0.1, 0.15) is 93.2 Å². The van der Waals surface area contributed by atoms with Crippen molar-refractivity contribution in [1.29, 1.82) is 0 Å². The lowest BCUT2D eigenvalue weighted by atomic mass is 9.91. The smallest absolute Gasteiger partial charge is 0.0723 e. The van der Waals surface area contributed by atoms with Crippen LogP contribution in [0.25, 0.3) is 24.3 Å². The van der Waals surface area contributed by atoms with Gasteiger partial charge in [0.2, 0.25) is 0 Å². The van der Waals surface area contributed by atoms with Crippen LogP contribution in [0, 0.1) is 0 Å². The van der Waals surface area contributed by atoms with Gasteiger partial charge in [0, 0.05) is 42.8 Å². The molecule has 0 aromatic heterocycles. The van der Waals surface area contributed by atoms with Crippen molar-refractivity contribution in [2.24, 2.45) is 9.98 Å². The first-order valence-corrected chi connectivity index (χ1v) is 15.5. The molecule has 2 atom stereocenters. The summed E-state index contributed by atoms with van der Waals surface area (Å²) in [4.78, 5) is 12.8. The number of thioether (sulfide) groups is 2. The molecule has 4 heteroatoms. The average Bonchev–Trinajstić information content (AvgIpc) is 2.90. The number of hydrogen-bond acceptors (Lipinski definition) is 4. The summed E-state index contributed by atoms with van der Waals surface area (Å²) in [5.41, 5.74) is 6.78. The van der Waals surface area contributed by atoms with Crippen molar-refractivity contribution in [3.63, 3.8) is 0 Å². The van der Waals surface area contributed by atoms with Crippen LogP contribution in [0.4, 0.5) is 0 Å². The summed E-state index contributed by atoms with van der Waals surface area (Å²) in [5, 5.41) is 0. The van der Waals surface area contributed by atoms with E-state index < -0.39 is 0 Å². The maximum Gasteiger partial charge on any atom is 0.0723 e. The Morgan fingerprint density at radius 3 is 1.44 bits per heavy atom. The minimum absolute atomic E-state index is 0.0527. The lowest BCUT2D eigenvalue weighted by Crippen LogP contribution is -2.28. The molecule has 0 saturated heterocycles. The fourth-order valence-electron chi connectivity index (χ4n) is 5.91. The summed E-state index contributed by atoms with van der Waals surface area (Å²) in [5.74, 6) is 0. The fourth-order valence-corrected chi connectivity index (χ4v) is 9.08. The second-order valence-electron chi connectivity index (χ2n) is 11.7. The van der Waals surface area contributed by atoms with Crippen LogP contribution in [0.2, 0.25) is 0 Å². The van der Waals surface area contributed by atoms with E-state index in [-0.39, 0.29) is 21.6 Å². The highest BCUT2D eigenvalue weighted by atomic mass is 32.2. The van der Waals surface area contributed by atoms with Crippen LogP contribution in [-0.2, 0) is 0 Å². The summed E-state index contributed by atoms with van der Waals surface area (Å²) in [6, 6.07) is 9.00. The Bertz CT molecular complexity index is 1230. The Morgan fingerprint density at radius 2 is 1.08 bits per heavy atom. The molecule has 1 aliphatic heterocycles. The zero-order valence-corrected chi connectivity index (χ0v) is 25.6. The van der Waals surface area contributed by atoms with E-state index in [1.54, 1.807) is 0 Å². The normalized spacial score (nSPS) is 22.3. The van der Waals surface area contributed by atoms with Crippen molar-refractivity contribution in [1.82, 2.24) is 0 Å². The van der Waals surface area contributed by atoms with E-state index in [9.17, 15) is 0 Å². The minimum Gasteiger partial charge on any atom is -0.287 e. The van der Waals surface area contributed by atoms with Crippen LogP contribution < -0.4 is 0 Å². The van der Waals surface area contributed by atoms with Gasteiger partial charge in [-0.2, -0.15) is 0 Å². The van der Waals surface area contributed by atoms with Crippen molar-refractivity contribution >= 4 is 60.3 Å². The second kappa shape index (κ2) is 12.3. The van der Waals surface area contributed by atoms with Gasteiger partial charge in [0.1, 0.15) is 0 Å². The Hall–Kier alpha value is -2.56. The van der Waals surface area contributed by atoms with Crippen LogP contribution in [0.5, 0.6) is 0 Å². The van der Waals surface area contributed by atoms with Crippen LogP contribution >= 0.6 is 23.5 Å². The SMILES string of the molecule is C=Cc1ccc2c(c1C=C)SC(C)(C)CC(C)(C)Sc1c(ccc(C=C)c1C=C)C=NC1CCCCC1N=C2. The first kappa shape index (κ1) is 29.4. The summed E-state index contributed by atoms with van der Waals surface area (Å²) >= 11 is 3.85. The largest absolute Gasteiger partial charge is 0.287 e. The summed E-state index contributed by atoms with van der Waals surface area (Å²) in [7, 11) is 0. The number of nitrogens with zero attached hydrogens (tertiary/aromatic N) is 2. The third-order valence-electron chi connectivity index (χ3n) is 7.48. The lowest BCUT2D eigenvalue weighted by molar-refractivity contribution is 0.390. The molecule has 39 heavy (non-hydrogen) atoms. The molecule has 2 aromatic rings. The predicted molar refractivity (Wildman–Crippen MR) is 179 cm³/mol. The van der Waals surface area contributed by atoms with Gasteiger partial charge in [-0.15, -0.1) is 23.5 Å². The molecule has 0 N–H and O–H groups in total. The van der Waals surface area contributed by atoms with E-state index in [0.29, 0.717) is 0 Å². The van der Waals surface area contributed by atoms with E-state index >= 15 is 0 Å². The summed E-state index contributed by atoms with van der Waals surface area (Å²) < 4.78 is -0.105. The highest BCUT2D eigenvalue weighted by Crippen LogP contribution is 2.48. The van der Waals surface area contributed by atoms with Crippen molar-refractivity contribution in [2.75, 3.05) is 0 Å². The molecule has 1 fully saturated rings. The standard InChI is InChI=1S/C35H42N2S2/c1-9-24-17-19-26-21-36-30-15-13-14-16-31(30)37-22-27-20-18-25(10-2)29(12-4)33(27)39-35(7,8)23-34(5,6)38-32(26)28(24)11-3/h9-12,17-22,30-31H,1-4,13-16,23H2,5-8H3. The molecule has 1 heterocycles. The molecule has 2 aromatic carbocycles. The molecule has 4 rings (SSSR count). The second-order valence-corrected chi connectivity index (χ2v) is 15.1. The molecule has 204 valence electrons. The van der Waals surface area contributed by atoms with Gasteiger partial charge in [0.15, 0.2) is 0 Å². The molecule has 2 unspecified atom stereocenters. The number of rotatable bonds is 4. The van der Waals surface area contributed by atoms with Crippen molar-refractivity contribution in [3.05, 3.63) is 84.0 Å². The molecule has 1 aliphatic carbocycles. The van der Waals surface area contributed by atoms with Gasteiger partial charge in [0.05, 0.1) is 12.1 Å². The van der Waals surface area contributed by atoms with Crippen LogP contribution in [-0.4, -0.2) is 34.0 Å². The molecule has 1 saturated carbocycles. The van der Waals surface area contributed by atoms with Crippen molar-refractivity contribution in [2.45, 2.75) is 91.2 Å². The van der Waals surface area contributed by atoms with Gasteiger partial charge in [0.25, 0.3) is 0 Å². The Labute approximate surface area is 244 Å². The predicted octanol–water partition coefficient (Wildman–Crippen LogP) is 10.3. The maximum absolute atomic E-state index is 5.18. The molecular formula is C35H42N2S2. The highest BCUT2D eigenvalue weighted by Gasteiger charge is 2.33. The van der Waals surface area contributed by atoms with Gasteiger partial charge >= 0.3 is 0 Å². The molecule has 0 amide bonds. The number of benzene rings is 2. The van der Waals surface area contributed by atoms with E-state index in [1.807, 2.05) is 47.8 Å². The molecule has 0 bridgehead atoms. The monoisotopic (exact) mass is 554 g/mol. The topological polar surface area (TPSA) is 24.7 Å². The Morgan fingerprint density at radius 1 is 0.667 bits per heavy atom. The average molecular weight is 555 g/mol. The Kier molecular flexibility index (Phi) is 9.29. The van der Waals surface area contributed by atoms with Gasteiger partial charge in [-0.05, 0) is 41.5 Å². The third-order valence-corrected chi connectivity index (χ3v) is 10.2. The summed E-state index contributed by atoms with van der Waals surface area (Å²) in [6.07, 6.45) is 17.5. The highest BCUT2D eigenvalue weighted by molar-refractivity contribution is 8.01. The quantitative estimate of drug-likeness (QED) is 0.375.